The molecule has 31 heavy (non-hydrogen) atoms. The predicted octanol–water partition coefficient (Wildman–Crippen LogP) is 1.08. The molecular weight excluding hydrogens is 446 g/mol. The molecule has 1 unspecified atom stereocenters. The Morgan fingerprint density at radius 2 is 1.52 bits per heavy atom. The molecule has 0 saturated heterocycles. The zero-order valence-electron chi connectivity index (χ0n) is 17.1. The third kappa shape index (κ3) is 6.69. The molecule has 0 aliphatic heterocycles. The van der Waals surface area contributed by atoms with E-state index in [9.17, 15) is 26.4 Å². The molecule has 0 fully saturated rings. The molecule has 1 atom stereocenters. The van der Waals surface area contributed by atoms with Gasteiger partial charge >= 0.3 is 0 Å². The van der Waals surface area contributed by atoms with Crippen LogP contribution in [-0.4, -0.2) is 46.8 Å². The Balaban J connectivity index is 2.01. The molecule has 168 valence electrons. The highest BCUT2D eigenvalue weighted by Gasteiger charge is 2.24. The van der Waals surface area contributed by atoms with Crippen LogP contribution in [0, 0.1) is 0 Å². The van der Waals surface area contributed by atoms with E-state index in [0.717, 1.165) is 6.26 Å². The first-order valence-electron chi connectivity index (χ1n) is 9.09. The average Bonchev–Trinajstić information content (AvgIpc) is 2.71. The molecule has 12 heteroatoms. The van der Waals surface area contributed by atoms with Crippen LogP contribution in [0.4, 0.5) is 5.69 Å². The van der Waals surface area contributed by atoms with Gasteiger partial charge in [-0.2, -0.15) is 0 Å². The Kier molecular flexibility index (Phi) is 7.63. The average molecular weight is 470 g/mol. The maximum absolute atomic E-state index is 12.5. The van der Waals surface area contributed by atoms with E-state index in [1.54, 1.807) is 12.1 Å². The number of hydrogen-bond donors (Lipinski definition) is 3. The summed E-state index contributed by atoms with van der Waals surface area (Å²) in [5.41, 5.74) is 4.49. The Hall–Kier alpha value is -3.12. The van der Waals surface area contributed by atoms with Gasteiger partial charge in [0.25, 0.3) is 21.8 Å². The van der Waals surface area contributed by atoms with Gasteiger partial charge in [-0.15, -0.1) is 0 Å². The summed E-state index contributed by atoms with van der Waals surface area (Å²) in [6, 6.07) is 11.4. The van der Waals surface area contributed by atoms with Gasteiger partial charge in [-0.3, -0.25) is 25.2 Å². The van der Waals surface area contributed by atoms with Crippen molar-refractivity contribution < 1.29 is 31.2 Å². The fourth-order valence-corrected chi connectivity index (χ4v) is 3.78. The predicted molar refractivity (Wildman–Crippen MR) is 115 cm³/mol. The molecule has 0 aromatic heterocycles. The van der Waals surface area contributed by atoms with Crippen molar-refractivity contribution >= 4 is 37.4 Å². The number of benzene rings is 2. The van der Waals surface area contributed by atoms with Gasteiger partial charge in [-0.1, -0.05) is 0 Å². The summed E-state index contributed by atoms with van der Waals surface area (Å²) < 4.78 is 55.4. The van der Waals surface area contributed by atoms with Crippen LogP contribution in [0.5, 0.6) is 5.75 Å². The Morgan fingerprint density at radius 3 is 2.03 bits per heavy atom. The van der Waals surface area contributed by atoms with E-state index in [4.69, 9.17) is 4.74 Å². The number of carbonyl (C=O) groups is 2. The highest BCUT2D eigenvalue weighted by molar-refractivity contribution is 7.92. The normalized spacial score (nSPS) is 12.5. The van der Waals surface area contributed by atoms with E-state index < -0.39 is 36.9 Å². The van der Waals surface area contributed by atoms with E-state index in [1.807, 2.05) is 12.3 Å². The van der Waals surface area contributed by atoms with Crippen LogP contribution in [0.2, 0.25) is 0 Å². The summed E-state index contributed by atoms with van der Waals surface area (Å²) in [5, 5.41) is -1.33. The molecule has 2 aromatic rings. The Bertz CT molecular complexity index is 1140. The molecule has 2 aromatic carbocycles. The zero-order valence-corrected chi connectivity index (χ0v) is 18.7. The number of anilines is 1. The molecule has 3 N–H and O–H groups in total. The van der Waals surface area contributed by atoms with Crippen LogP contribution in [0.1, 0.15) is 24.2 Å². The van der Waals surface area contributed by atoms with Crippen LogP contribution in [0.15, 0.2) is 53.4 Å². The van der Waals surface area contributed by atoms with Crippen molar-refractivity contribution in [2.75, 3.05) is 17.6 Å². The number of ether oxygens (including phenoxy) is 1. The summed E-state index contributed by atoms with van der Waals surface area (Å²) in [5.74, 6) is -1.03. The summed E-state index contributed by atoms with van der Waals surface area (Å²) >= 11 is 0. The standard InChI is InChI=1S/C19H23N3O7S2/c1-4-29-16-9-11-17(12-10-16)31(27,28)22-15-7-5-14(6-8-15)19(24)21-20-18(23)13(2)30(3,25)26/h5-13,22H,4H2,1-3H3,(H,20,23)(H,21,24). The fourth-order valence-electron chi connectivity index (χ4n) is 2.27. The molecule has 2 amide bonds. The van der Waals surface area contributed by atoms with Gasteiger partial charge in [-0.05, 0) is 62.4 Å². The van der Waals surface area contributed by atoms with Gasteiger partial charge in [0.05, 0.1) is 11.5 Å². The molecule has 0 saturated carbocycles. The SMILES string of the molecule is CCOc1ccc(S(=O)(=O)Nc2ccc(C(=O)NNC(=O)C(C)S(C)(=O)=O)cc2)cc1. The smallest absolute Gasteiger partial charge is 0.269 e. The minimum absolute atomic E-state index is 0.0421. The van der Waals surface area contributed by atoms with Crippen molar-refractivity contribution in [2.45, 2.75) is 24.0 Å². The van der Waals surface area contributed by atoms with Crippen LogP contribution >= 0.6 is 0 Å². The maximum atomic E-state index is 12.5. The first kappa shape index (κ1) is 24.2. The summed E-state index contributed by atoms with van der Waals surface area (Å²) in [6.07, 6.45) is 0.909. The van der Waals surface area contributed by atoms with Crippen molar-refractivity contribution in [1.82, 2.24) is 10.9 Å². The van der Waals surface area contributed by atoms with Crippen LogP contribution in [-0.2, 0) is 24.7 Å². The number of carbonyl (C=O) groups excluding carboxylic acids is 2. The van der Waals surface area contributed by atoms with Crippen molar-refractivity contribution in [3.05, 3.63) is 54.1 Å². The quantitative estimate of drug-likeness (QED) is 0.490. The number of rotatable bonds is 8. The van der Waals surface area contributed by atoms with Gasteiger partial charge in [0.1, 0.15) is 11.0 Å². The summed E-state index contributed by atoms with van der Waals surface area (Å²) in [6.45, 7) is 3.48. The molecule has 2 rings (SSSR count). The monoisotopic (exact) mass is 469 g/mol. The second-order valence-corrected chi connectivity index (χ2v) is 10.6. The van der Waals surface area contributed by atoms with Gasteiger partial charge in [0, 0.05) is 17.5 Å². The summed E-state index contributed by atoms with van der Waals surface area (Å²) in [7, 11) is -7.44. The molecule has 10 nitrogen and oxygen atoms in total. The first-order valence-corrected chi connectivity index (χ1v) is 12.5. The molecule has 0 aliphatic rings. The van der Waals surface area contributed by atoms with Crippen LogP contribution in [0.3, 0.4) is 0 Å². The number of nitrogens with one attached hydrogen (secondary N) is 3. The third-order valence-electron chi connectivity index (χ3n) is 4.16. The van der Waals surface area contributed by atoms with E-state index in [1.165, 1.54) is 43.3 Å². The largest absolute Gasteiger partial charge is 0.494 e. The lowest BCUT2D eigenvalue weighted by molar-refractivity contribution is -0.121. The number of sulfonamides is 1. The van der Waals surface area contributed by atoms with Crippen molar-refractivity contribution in [3.8, 4) is 5.75 Å². The lowest BCUT2D eigenvalue weighted by Gasteiger charge is -2.12. The van der Waals surface area contributed by atoms with E-state index >= 15 is 0 Å². The van der Waals surface area contributed by atoms with E-state index in [0.29, 0.717) is 12.4 Å². The molecule has 0 bridgehead atoms. The number of hydrogen-bond acceptors (Lipinski definition) is 7. The third-order valence-corrected chi connectivity index (χ3v) is 7.05. The van der Waals surface area contributed by atoms with Crippen molar-refractivity contribution in [2.24, 2.45) is 0 Å². The number of amides is 2. The first-order chi connectivity index (χ1) is 14.4. The zero-order chi connectivity index (χ0) is 23.2. The van der Waals surface area contributed by atoms with Gasteiger partial charge < -0.3 is 4.74 Å². The topological polar surface area (TPSA) is 148 Å². The fraction of sp³-hybridized carbons (Fsp3) is 0.263. The van der Waals surface area contributed by atoms with Gasteiger partial charge in [0.15, 0.2) is 9.84 Å². The lowest BCUT2D eigenvalue weighted by Crippen LogP contribution is -2.47. The number of hydrazine groups is 1. The highest BCUT2D eigenvalue weighted by Crippen LogP contribution is 2.19. The Labute approximate surface area is 180 Å². The number of sulfone groups is 1. The molecule has 0 spiro atoms. The Morgan fingerprint density at radius 1 is 0.935 bits per heavy atom. The molecular formula is C19H23N3O7S2. The van der Waals surface area contributed by atoms with E-state index in [-0.39, 0.29) is 16.1 Å². The van der Waals surface area contributed by atoms with Crippen LogP contribution < -0.4 is 20.3 Å². The van der Waals surface area contributed by atoms with Crippen LogP contribution in [0.25, 0.3) is 0 Å². The minimum atomic E-state index is -3.84. The summed E-state index contributed by atoms with van der Waals surface area (Å²) in [4.78, 5) is 23.9. The second-order valence-electron chi connectivity index (χ2n) is 6.50. The van der Waals surface area contributed by atoms with Crippen molar-refractivity contribution in [3.63, 3.8) is 0 Å². The maximum Gasteiger partial charge on any atom is 0.269 e. The molecule has 0 heterocycles. The lowest BCUT2D eigenvalue weighted by atomic mass is 10.2. The van der Waals surface area contributed by atoms with Crippen molar-refractivity contribution in [1.29, 1.82) is 0 Å². The molecule has 0 aliphatic carbocycles. The van der Waals surface area contributed by atoms with Gasteiger partial charge in [0.2, 0.25) is 0 Å². The molecule has 0 radical (unpaired) electrons. The highest BCUT2D eigenvalue weighted by atomic mass is 32.2. The second kappa shape index (κ2) is 9.79. The minimum Gasteiger partial charge on any atom is -0.494 e. The van der Waals surface area contributed by atoms with E-state index in [2.05, 4.69) is 10.1 Å². The van der Waals surface area contributed by atoms with Gasteiger partial charge in [-0.25, -0.2) is 16.8 Å².